The van der Waals surface area contributed by atoms with Crippen LogP contribution >= 0.6 is 0 Å². The molecule has 2 rings (SSSR count). The van der Waals surface area contributed by atoms with Gasteiger partial charge in [-0.2, -0.15) is 0 Å². The number of ether oxygens (including phenoxy) is 1. The van der Waals surface area contributed by atoms with Gasteiger partial charge in [0, 0.05) is 12.6 Å². The van der Waals surface area contributed by atoms with Gasteiger partial charge < -0.3 is 15.0 Å². The summed E-state index contributed by atoms with van der Waals surface area (Å²) in [5.41, 5.74) is 8.85. The van der Waals surface area contributed by atoms with E-state index in [1.807, 2.05) is 25.1 Å². The predicted octanol–water partition coefficient (Wildman–Crippen LogP) is 2.86. The molecule has 0 fully saturated rings. The third-order valence-electron chi connectivity index (χ3n) is 2.88. The molecule has 0 aliphatic heterocycles. The zero-order chi connectivity index (χ0) is 13.8. The molecule has 0 spiro atoms. The number of allylic oxidation sites excluding steroid dienone is 1. The largest absolute Gasteiger partial charge is 0.494 e. The number of rotatable bonds is 6. The van der Waals surface area contributed by atoms with Crippen LogP contribution in [0.15, 0.2) is 30.4 Å². The first-order valence-electron chi connectivity index (χ1n) is 6.62. The Kier molecular flexibility index (Phi) is 4.22. The van der Waals surface area contributed by atoms with Crippen molar-refractivity contribution in [1.29, 1.82) is 0 Å². The molecule has 1 aromatic carbocycles. The molecule has 0 aliphatic rings. The highest BCUT2D eigenvalue weighted by Crippen LogP contribution is 2.22. The maximum atomic E-state index is 5.76. The van der Waals surface area contributed by atoms with Gasteiger partial charge >= 0.3 is 0 Å². The number of hydrogen-bond acceptors (Lipinski definition) is 3. The molecule has 1 heterocycles. The second kappa shape index (κ2) is 5.89. The summed E-state index contributed by atoms with van der Waals surface area (Å²) in [7, 11) is 0. The lowest BCUT2D eigenvalue weighted by Crippen LogP contribution is -2.08. The standard InChI is InChI=1S/C15H21N3O/c1-4-7-19-12-5-6-14-13(8-12)17-15(9-16)18(14)10-11(2)3/h5-6,8H,2,4,7,9-10,16H2,1,3H3. The summed E-state index contributed by atoms with van der Waals surface area (Å²) < 4.78 is 7.74. The smallest absolute Gasteiger partial charge is 0.123 e. The van der Waals surface area contributed by atoms with Crippen LogP contribution in [0.1, 0.15) is 26.1 Å². The molecule has 102 valence electrons. The summed E-state index contributed by atoms with van der Waals surface area (Å²) >= 11 is 0. The van der Waals surface area contributed by atoms with Gasteiger partial charge in [-0.05, 0) is 25.5 Å². The molecule has 0 saturated heterocycles. The minimum atomic E-state index is 0.424. The van der Waals surface area contributed by atoms with Crippen molar-refractivity contribution in [2.75, 3.05) is 6.61 Å². The van der Waals surface area contributed by atoms with Gasteiger partial charge in [0.25, 0.3) is 0 Å². The van der Waals surface area contributed by atoms with Gasteiger partial charge in [0.1, 0.15) is 11.6 Å². The number of imidazole rings is 1. The molecular formula is C15H21N3O. The molecule has 4 heteroatoms. The van der Waals surface area contributed by atoms with Crippen molar-refractivity contribution >= 4 is 11.0 Å². The van der Waals surface area contributed by atoms with Crippen LogP contribution in [-0.2, 0) is 13.1 Å². The third kappa shape index (κ3) is 2.96. The molecule has 19 heavy (non-hydrogen) atoms. The highest BCUT2D eigenvalue weighted by Gasteiger charge is 2.10. The van der Waals surface area contributed by atoms with Crippen molar-refractivity contribution in [3.05, 3.63) is 36.2 Å². The second-order valence-electron chi connectivity index (χ2n) is 4.77. The fourth-order valence-electron chi connectivity index (χ4n) is 2.07. The molecule has 4 nitrogen and oxygen atoms in total. The Morgan fingerprint density at radius 1 is 1.47 bits per heavy atom. The van der Waals surface area contributed by atoms with Crippen molar-refractivity contribution in [3.63, 3.8) is 0 Å². The van der Waals surface area contributed by atoms with E-state index in [-0.39, 0.29) is 0 Å². The van der Waals surface area contributed by atoms with Crippen molar-refractivity contribution in [1.82, 2.24) is 9.55 Å². The number of benzene rings is 1. The van der Waals surface area contributed by atoms with Gasteiger partial charge in [0.15, 0.2) is 0 Å². The fourth-order valence-corrected chi connectivity index (χ4v) is 2.07. The Bertz CT molecular complexity index is 586. The Morgan fingerprint density at radius 3 is 2.89 bits per heavy atom. The molecule has 2 N–H and O–H groups in total. The number of nitrogens with zero attached hydrogens (tertiary/aromatic N) is 2. The van der Waals surface area contributed by atoms with E-state index in [4.69, 9.17) is 10.5 Å². The van der Waals surface area contributed by atoms with Gasteiger partial charge in [-0.15, -0.1) is 0 Å². The summed E-state index contributed by atoms with van der Waals surface area (Å²) in [4.78, 5) is 4.57. The molecular weight excluding hydrogens is 238 g/mol. The van der Waals surface area contributed by atoms with E-state index in [2.05, 4.69) is 23.1 Å². The number of aromatic nitrogens is 2. The SMILES string of the molecule is C=C(C)Cn1c(CN)nc2cc(OCCC)ccc21. The summed E-state index contributed by atoms with van der Waals surface area (Å²) in [6.45, 7) is 9.95. The van der Waals surface area contributed by atoms with Crippen LogP contribution in [0.5, 0.6) is 5.75 Å². The van der Waals surface area contributed by atoms with E-state index in [0.29, 0.717) is 6.54 Å². The molecule has 0 atom stereocenters. The maximum Gasteiger partial charge on any atom is 0.123 e. The number of fused-ring (bicyclic) bond motifs is 1. The fraction of sp³-hybridized carbons (Fsp3) is 0.400. The summed E-state index contributed by atoms with van der Waals surface area (Å²) in [6.07, 6.45) is 0.996. The van der Waals surface area contributed by atoms with Crippen molar-refractivity contribution in [2.24, 2.45) is 5.73 Å². The average Bonchev–Trinajstić information content (AvgIpc) is 2.73. The van der Waals surface area contributed by atoms with Crippen LogP contribution < -0.4 is 10.5 Å². The minimum absolute atomic E-state index is 0.424. The number of hydrogen-bond donors (Lipinski definition) is 1. The zero-order valence-electron chi connectivity index (χ0n) is 11.6. The van der Waals surface area contributed by atoms with Crippen molar-refractivity contribution < 1.29 is 4.74 Å². The van der Waals surface area contributed by atoms with E-state index < -0.39 is 0 Å². The molecule has 0 radical (unpaired) electrons. The molecule has 1 aromatic heterocycles. The maximum absolute atomic E-state index is 5.76. The monoisotopic (exact) mass is 259 g/mol. The molecule has 2 aromatic rings. The minimum Gasteiger partial charge on any atom is -0.494 e. The zero-order valence-corrected chi connectivity index (χ0v) is 11.6. The Labute approximate surface area is 113 Å². The lowest BCUT2D eigenvalue weighted by atomic mass is 10.3. The first-order valence-corrected chi connectivity index (χ1v) is 6.62. The van der Waals surface area contributed by atoms with Crippen LogP contribution in [0.3, 0.4) is 0 Å². The molecule has 0 amide bonds. The van der Waals surface area contributed by atoms with Crippen LogP contribution in [0.2, 0.25) is 0 Å². The summed E-state index contributed by atoms with van der Waals surface area (Å²) in [6, 6.07) is 5.99. The van der Waals surface area contributed by atoms with Gasteiger partial charge in [-0.3, -0.25) is 0 Å². The third-order valence-corrected chi connectivity index (χ3v) is 2.88. The van der Waals surface area contributed by atoms with Crippen molar-refractivity contribution in [2.45, 2.75) is 33.4 Å². The summed E-state index contributed by atoms with van der Waals surface area (Å²) in [5.74, 6) is 1.74. The first kappa shape index (κ1) is 13.6. The van der Waals surface area contributed by atoms with Crippen molar-refractivity contribution in [3.8, 4) is 5.75 Å². The van der Waals surface area contributed by atoms with E-state index in [9.17, 15) is 0 Å². The molecule has 0 bridgehead atoms. The van der Waals surface area contributed by atoms with E-state index >= 15 is 0 Å². The van der Waals surface area contributed by atoms with Gasteiger partial charge in [-0.1, -0.05) is 19.1 Å². The van der Waals surface area contributed by atoms with Crippen LogP contribution in [-0.4, -0.2) is 16.2 Å². The van der Waals surface area contributed by atoms with E-state index in [1.54, 1.807) is 0 Å². The topological polar surface area (TPSA) is 53.1 Å². The second-order valence-corrected chi connectivity index (χ2v) is 4.77. The molecule has 0 saturated carbocycles. The van der Waals surface area contributed by atoms with Crippen LogP contribution in [0.4, 0.5) is 0 Å². The van der Waals surface area contributed by atoms with Gasteiger partial charge in [0.05, 0.1) is 24.2 Å². The highest BCUT2D eigenvalue weighted by atomic mass is 16.5. The predicted molar refractivity (Wildman–Crippen MR) is 78.2 cm³/mol. The van der Waals surface area contributed by atoms with E-state index in [1.165, 1.54) is 0 Å². The van der Waals surface area contributed by atoms with Gasteiger partial charge in [-0.25, -0.2) is 4.98 Å². The highest BCUT2D eigenvalue weighted by molar-refractivity contribution is 5.78. The molecule has 0 aliphatic carbocycles. The van der Waals surface area contributed by atoms with Crippen LogP contribution in [0, 0.1) is 0 Å². The number of nitrogens with two attached hydrogens (primary N) is 1. The summed E-state index contributed by atoms with van der Waals surface area (Å²) in [5, 5.41) is 0. The lowest BCUT2D eigenvalue weighted by Gasteiger charge is -2.08. The first-order chi connectivity index (χ1) is 9.15. The molecule has 0 unspecified atom stereocenters. The van der Waals surface area contributed by atoms with Gasteiger partial charge in [0.2, 0.25) is 0 Å². The quantitative estimate of drug-likeness (QED) is 0.812. The Morgan fingerprint density at radius 2 is 2.26 bits per heavy atom. The van der Waals surface area contributed by atoms with E-state index in [0.717, 1.165) is 47.8 Å². The Hall–Kier alpha value is -1.81. The Balaban J connectivity index is 2.41. The average molecular weight is 259 g/mol. The lowest BCUT2D eigenvalue weighted by molar-refractivity contribution is 0.318. The normalized spacial score (nSPS) is 10.9. The van der Waals surface area contributed by atoms with Crippen LogP contribution in [0.25, 0.3) is 11.0 Å².